The molecule has 0 saturated heterocycles. The van der Waals surface area contributed by atoms with Gasteiger partial charge in [0.1, 0.15) is 11.9 Å². The Kier molecular flexibility index (Phi) is 13.0. The molecule has 2 aromatic heterocycles. The Morgan fingerprint density at radius 3 is 2.68 bits per heavy atom. The lowest BCUT2D eigenvalue weighted by atomic mass is 10.2. The molecular formula is C27H37ClN8O2. The maximum Gasteiger partial charge on any atom is 0.246 e. The second-order valence-corrected chi connectivity index (χ2v) is 9.32. The smallest absolute Gasteiger partial charge is 0.246 e. The minimum Gasteiger partial charge on any atom is -0.369 e. The molecule has 0 bridgehead atoms. The third kappa shape index (κ3) is 10.7. The number of unbranched alkanes of at least 4 members (excludes halogenated alkanes) is 1. The van der Waals surface area contributed by atoms with Crippen molar-refractivity contribution < 1.29 is 9.59 Å². The van der Waals surface area contributed by atoms with Crippen molar-refractivity contribution in [2.45, 2.75) is 39.2 Å². The Morgan fingerprint density at radius 1 is 1.18 bits per heavy atom. The molecule has 0 fully saturated rings. The quantitative estimate of drug-likeness (QED) is 0.201. The molecule has 0 unspecified atom stereocenters. The fourth-order valence-corrected chi connectivity index (χ4v) is 3.24. The predicted molar refractivity (Wildman–Crippen MR) is 152 cm³/mol. The highest BCUT2D eigenvalue weighted by molar-refractivity contribution is 6.30. The molecule has 204 valence electrons. The number of nitrogens with zero attached hydrogens (tertiary/aromatic N) is 5. The topological polar surface area (TPSA) is 115 Å². The Bertz CT molecular complexity index is 1160. The Morgan fingerprint density at radius 2 is 1.97 bits per heavy atom. The van der Waals surface area contributed by atoms with Gasteiger partial charge in [-0.15, -0.1) is 0 Å². The number of nitrogens with one attached hydrogen (secondary N) is 3. The molecule has 2 amide bonds. The first kappa shape index (κ1) is 30.5. The summed E-state index contributed by atoms with van der Waals surface area (Å²) in [5.41, 5.74) is 1.37. The highest BCUT2D eigenvalue weighted by Crippen LogP contribution is 2.19. The van der Waals surface area contributed by atoms with E-state index in [0.29, 0.717) is 54.0 Å². The third-order valence-corrected chi connectivity index (χ3v) is 5.54. The van der Waals surface area contributed by atoms with E-state index in [-0.39, 0.29) is 11.8 Å². The summed E-state index contributed by atoms with van der Waals surface area (Å²) >= 11 is 6.00. The minimum atomic E-state index is -0.572. The zero-order valence-electron chi connectivity index (χ0n) is 22.7. The lowest BCUT2D eigenvalue weighted by Gasteiger charge is -2.23. The molecule has 2 heterocycles. The number of halogens is 1. The van der Waals surface area contributed by atoms with Crippen LogP contribution in [-0.4, -0.2) is 83.4 Å². The Labute approximate surface area is 230 Å². The van der Waals surface area contributed by atoms with Gasteiger partial charge in [0.05, 0.1) is 28.7 Å². The van der Waals surface area contributed by atoms with E-state index in [1.54, 1.807) is 44.7 Å². The molecule has 10 nitrogen and oxygen atoms in total. The first-order valence-electron chi connectivity index (χ1n) is 12.5. The summed E-state index contributed by atoms with van der Waals surface area (Å²) in [6.07, 6.45) is 10.3. The number of likely N-dealkylation sites (N-methyl/N-ethyl adjacent to an activating group) is 2. The molecule has 2 aromatic rings. The van der Waals surface area contributed by atoms with Crippen molar-refractivity contribution in [3.63, 3.8) is 0 Å². The van der Waals surface area contributed by atoms with Gasteiger partial charge in [-0.2, -0.15) is 4.98 Å². The van der Waals surface area contributed by atoms with Gasteiger partial charge >= 0.3 is 0 Å². The number of anilines is 3. The lowest BCUT2D eigenvalue weighted by Crippen LogP contribution is -2.45. The molecule has 11 heteroatoms. The first-order valence-corrected chi connectivity index (χ1v) is 12.9. The van der Waals surface area contributed by atoms with Crippen LogP contribution in [0.1, 0.15) is 38.7 Å². The van der Waals surface area contributed by atoms with E-state index in [1.807, 2.05) is 19.0 Å². The summed E-state index contributed by atoms with van der Waals surface area (Å²) < 4.78 is 0. The normalized spacial score (nSPS) is 11.6. The standard InChI is InChI=1S/C27H37ClN8O2/c1-6-13-30-25-21(17-32-27(34-25)33-23-16-22(28)18-29-19-23)11-8-7-9-14-31-26(38)20(2)36(5)24(37)12-10-15-35(3)4/h10,12,16-20H,6-7,9,13-15H2,1-5H3,(H,31,38)(H2,30,32,33,34)/t20-/m0/s1. The highest BCUT2D eigenvalue weighted by Gasteiger charge is 2.20. The molecule has 38 heavy (non-hydrogen) atoms. The van der Waals surface area contributed by atoms with E-state index >= 15 is 0 Å². The van der Waals surface area contributed by atoms with Crippen LogP contribution in [0.2, 0.25) is 5.02 Å². The van der Waals surface area contributed by atoms with Crippen molar-refractivity contribution in [2.75, 3.05) is 51.4 Å². The predicted octanol–water partition coefficient (Wildman–Crippen LogP) is 3.30. The van der Waals surface area contributed by atoms with Crippen LogP contribution in [0.4, 0.5) is 17.5 Å². The van der Waals surface area contributed by atoms with Gasteiger partial charge in [0.15, 0.2) is 0 Å². The summed E-state index contributed by atoms with van der Waals surface area (Å²) in [6, 6.07) is 1.17. The van der Waals surface area contributed by atoms with Crippen molar-refractivity contribution in [3.05, 3.63) is 47.4 Å². The molecular weight excluding hydrogens is 504 g/mol. The second kappa shape index (κ2) is 16.2. The molecule has 0 spiro atoms. The van der Waals surface area contributed by atoms with Gasteiger partial charge in [0, 0.05) is 45.4 Å². The molecule has 0 radical (unpaired) electrons. The highest BCUT2D eigenvalue weighted by atomic mass is 35.5. The first-order chi connectivity index (χ1) is 18.2. The van der Waals surface area contributed by atoms with Crippen LogP contribution in [0.15, 0.2) is 36.8 Å². The molecule has 2 rings (SSSR count). The maximum atomic E-state index is 12.4. The fraction of sp³-hybridized carbons (Fsp3) is 0.444. The summed E-state index contributed by atoms with van der Waals surface area (Å²) in [7, 11) is 5.46. The monoisotopic (exact) mass is 540 g/mol. The van der Waals surface area contributed by atoms with E-state index in [2.05, 4.69) is 49.7 Å². The average molecular weight is 541 g/mol. The van der Waals surface area contributed by atoms with E-state index in [9.17, 15) is 9.59 Å². The number of hydrogen-bond acceptors (Lipinski definition) is 8. The van der Waals surface area contributed by atoms with Gasteiger partial charge in [-0.25, -0.2) is 4.98 Å². The summed E-state index contributed by atoms with van der Waals surface area (Å²) in [4.78, 5) is 41.0. The number of carbonyl (C=O) groups excluding carboxylic acids is 2. The Balaban J connectivity index is 1.87. The van der Waals surface area contributed by atoms with Crippen molar-refractivity contribution in [1.82, 2.24) is 30.1 Å². The van der Waals surface area contributed by atoms with Gasteiger partial charge in [-0.1, -0.05) is 36.4 Å². The van der Waals surface area contributed by atoms with Gasteiger partial charge in [0.2, 0.25) is 17.8 Å². The van der Waals surface area contributed by atoms with Crippen LogP contribution in [0.3, 0.4) is 0 Å². The number of carbonyl (C=O) groups is 2. The summed E-state index contributed by atoms with van der Waals surface area (Å²) in [5, 5.41) is 9.77. The molecule has 0 aliphatic rings. The van der Waals surface area contributed by atoms with Crippen molar-refractivity contribution in [2.24, 2.45) is 0 Å². The van der Waals surface area contributed by atoms with Crippen molar-refractivity contribution in [3.8, 4) is 11.8 Å². The fourth-order valence-electron chi connectivity index (χ4n) is 3.06. The zero-order chi connectivity index (χ0) is 27.9. The summed E-state index contributed by atoms with van der Waals surface area (Å²) in [5.74, 6) is 6.88. The second-order valence-electron chi connectivity index (χ2n) is 8.89. The van der Waals surface area contributed by atoms with Gasteiger partial charge in [-0.05, 0) is 39.9 Å². The molecule has 0 aliphatic carbocycles. The van der Waals surface area contributed by atoms with Gasteiger partial charge in [0.25, 0.3) is 0 Å². The molecule has 0 aliphatic heterocycles. The Hall–Kier alpha value is -3.68. The van der Waals surface area contributed by atoms with Crippen LogP contribution in [0, 0.1) is 11.8 Å². The molecule has 3 N–H and O–H groups in total. The van der Waals surface area contributed by atoms with Crippen LogP contribution in [-0.2, 0) is 9.59 Å². The van der Waals surface area contributed by atoms with Crippen molar-refractivity contribution in [1.29, 1.82) is 0 Å². The van der Waals surface area contributed by atoms with E-state index in [0.717, 1.165) is 13.0 Å². The maximum absolute atomic E-state index is 12.4. The SMILES string of the molecule is CCCNc1nc(Nc2cncc(Cl)c2)ncc1C#CCCCNC(=O)[C@H](C)N(C)C(=O)C=CCN(C)C. The minimum absolute atomic E-state index is 0.202. The molecule has 1 atom stereocenters. The van der Waals surface area contributed by atoms with Crippen LogP contribution >= 0.6 is 11.6 Å². The van der Waals surface area contributed by atoms with E-state index < -0.39 is 6.04 Å². The third-order valence-electron chi connectivity index (χ3n) is 5.33. The number of rotatable bonds is 13. The van der Waals surface area contributed by atoms with E-state index in [1.165, 1.54) is 11.0 Å². The van der Waals surface area contributed by atoms with Crippen molar-refractivity contribution >= 4 is 40.9 Å². The van der Waals surface area contributed by atoms with Gasteiger partial charge < -0.3 is 25.8 Å². The average Bonchev–Trinajstić information content (AvgIpc) is 2.88. The van der Waals surface area contributed by atoms with Crippen LogP contribution in [0.25, 0.3) is 0 Å². The largest absolute Gasteiger partial charge is 0.369 e. The van der Waals surface area contributed by atoms with Crippen LogP contribution < -0.4 is 16.0 Å². The molecule has 0 saturated carbocycles. The summed E-state index contributed by atoms with van der Waals surface area (Å²) in [6.45, 7) is 5.64. The van der Waals surface area contributed by atoms with Gasteiger partial charge in [-0.3, -0.25) is 14.6 Å². The number of aromatic nitrogens is 3. The van der Waals surface area contributed by atoms with Crippen LogP contribution in [0.5, 0.6) is 0 Å². The van der Waals surface area contributed by atoms with E-state index in [4.69, 9.17) is 11.6 Å². The lowest BCUT2D eigenvalue weighted by molar-refractivity contribution is -0.135. The molecule has 0 aromatic carbocycles. The number of hydrogen-bond donors (Lipinski definition) is 3. The number of pyridine rings is 1. The zero-order valence-corrected chi connectivity index (χ0v) is 23.5. The number of amides is 2.